The number of aryl methyl sites for hydroxylation is 1. The molecule has 0 aliphatic rings. The average Bonchev–Trinajstić information content (AvgIpc) is 3.09. The molecule has 0 aliphatic carbocycles. The molecule has 1 heterocycles. The lowest BCUT2D eigenvalue weighted by Gasteiger charge is -2.16. The Morgan fingerprint density at radius 3 is 2.68 bits per heavy atom. The van der Waals surface area contributed by atoms with Crippen LogP contribution in [0.15, 0.2) is 30.5 Å². The lowest BCUT2D eigenvalue weighted by Crippen LogP contribution is -2.41. The number of nitrogens with two attached hydrogens (primary N) is 1. The van der Waals surface area contributed by atoms with Crippen LogP contribution in [-0.2, 0) is 16.1 Å². The summed E-state index contributed by atoms with van der Waals surface area (Å²) in [5.41, 5.74) is 6.98. The molecule has 3 N–H and O–H groups in total. The number of ether oxygens (including phenoxy) is 1. The Hall–Kier alpha value is -2.41. The molecule has 2 rings (SSSR count). The summed E-state index contributed by atoms with van der Waals surface area (Å²) >= 11 is 0. The maximum absolute atomic E-state index is 12.9. The van der Waals surface area contributed by atoms with Crippen molar-refractivity contribution in [1.29, 1.82) is 0 Å². The number of halogens is 1. The number of rotatable bonds is 12. The van der Waals surface area contributed by atoms with Gasteiger partial charge in [0.25, 0.3) is 5.91 Å². The lowest BCUT2D eigenvalue weighted by molar-refractivity contribution is -0.143. The normalized spacial score (nSPS) is 12.1. The van der Waals surface area contributed by atoms with E-state index in [1.54, 1.807) is 0 Å². The van der Waals surface area contributed by atoms with Gasteiger partial charge in [-0.3, -0.25) is 9.18 Å². The predicted octanol–water partition coefficient (Wildman–Crippen LogP) is 3.18. The molecule has 0 saturated carbocycles. The Bertz CT molecular complexity index is 775. The first-order chi connectivity index (χ1) is 13.6. The fraction of sp³-hybridized carbons (Fsp3) is 0.524. The van der Waals surface area contributed by atoms with Crippen molar-refractivity contribution in [3.05, 3.63) is 36.0 Å². The van der Waals surface area contributed by atoms with Gasteiger partial charge in [0.2, 0.25) is 0 Å². The SMILES string of the molecule is COC(=O)[C@H](CCCCN)NC(=O)c1cn(CCCCCF)c2ccccc12. The first-order valence-electron chi connectivity index (χ1n) is 9.85. The molecule has 28 heavy (non-hydrogen) atoms. The van der Waals surface area contributed by atoms with Crippen LogP contribution in [0.3, 0.4) is 0 Å². The molecule has 1 aromatic carbocycles. The Morgan fingerprint density at radius 2 is 1.96 bits per heavy atom. The smallest absolute Gasteiger partial charge is 0.328 e. The first-order valence-corrected chi connectivity index (χ1v) is 9.85. The van der Waals surface area contributed by atoms with Gasteiger partial charge in [0, 0.05) is 23.6 Å². The van der Waals surface area contributed by atoms with Crippen molar-refractivity contribution in [2.75, 3.05) is 20.3 Å². The fourth-order valence-corrected chi connectivity index (χ4v) is 3.29. The summed E-state index contributed by atoms with van der Waals surface area (Å²) in [5.74, 6) is -0.762. The van der Waals surface area contributed by atoms with E-state index >= 15 is 0 Å². The highest BCUT2D eigenvalue weighted by Crippen LogP contribution is 2.22. The number of carbonyl (C=O) groups excluding carboxylic acids is 2. The van der Waals surface area contributed by atoms with Gasteiger partial charge in [-0.15, -0.1) is 0 Å². The highest BCUT2D eigenvalue weighted by molar-refractivity contribution is 6.08. The van der Waals surface area contributed by atoms with Gasteiger partial charge >= 0.3 is 5.97 Å². The van der Waals surface area contributed by atoms with Gasteiger partial charge in [0.1, 0.15) is 6.04 Å². The molecule has 154 valence electrons. The number of aromatic nitrogens is 1. The van der Waals surface area contributed by atoms with Crippen LogP contribution < -0.4 is 11.1 Å². The number of hydrogen-bond donors (Lipinski definition) is 2. The Kier molecular flexibility index (Phi) is 8.94. The zero-order chi connectivity index (χ0) is 20.4. The van der Waals surface area contributed by atoms with Crippen LogP contribution in [0.4, 0.5) is 4.39 Å². The van der Waals surface area contributed by atoms with Gasteiger partial charge in [0.05, 0.1) is 19.3 Å². The quantitative estimate of drug-likeness (QED) is 0.430. The molecule has 0 bridgehead atoms. The summed E-state index contributed by atoms with van der Waals surface area (Å²) in [7, 11) is 1.31. The minimum Gasteiger partial charge on any atom is -0.467 e. The van der Waals surface area contributed by atoms with Crippen molar-refractivity contribution in [3.8, 4) is 0 Å². The summed E-state index contributed by atoms with van der Waals surface area (Å²) in [6.07, 6.45) is 6.00. The summed E-state index contributed by atoms with van der Waals surface area (Å²) in [5, 5.41) is 3.64. The predicted molar refractivity (Wildman–Crippen MR) is 108 cm³/mol. The Balaban J connectivity index is 2.17. The second-order valence-electron chi connectivity index (χ2n) is 6.84. The third-order valence-corrected chi connectivity index (χ3v) is 4.80. The molecular formula is C21H30FN3O3. The highest BCUT2D eigenvalue weighted by atomic mass is 19.1. The number of carbonyl (C=O) groups is 2. The van der Waals surface area contributed by atoms with Crippen LogP contribution in [0.2, 0.25) is 0 Å². The minimum atomic E-state index is -0.698. The van der Waals surface area contributed by atoms with Crippen LogP contribution in [0.25, 0.3) is 10.9 Å². The van der Waals surface area contributed by atoms with E-state index in [0.29, 0.717) is 31.5 Å². The molecule has 0 unspecified atom stereocenters. The van der Waals surface area contributed by atoms with E-state index in [1.807, 2.05) is 35.0 Å². The van der Waals surface area contributed by atoms with Gasteiger partial charge in [-0.2, -0.15) is 0 Å². The van der Waals surface area contributed by atoms with Crippen molar-refractivity contribution >= 4 is 22.8 Å². The van der Waals surface area contributed by atoms with E-state index in [2.05, 4.69) is 5.32 Å². The second kappa shape index (κ2) is 11.4. The number of hydrogen-bond acceptors (Lipinski definition) is 4. The zero-order valence-corrected chi connectivity index (χ0v) is 16.5. The summed E-state index contributed by atoms with van der Waals surface area (Å²) in [6.45, 7) is 0.946. The van der Waals surface area contributed by atoms with Crippen LogP contribution >= 0.6 is 0 Å². The van der Waals surface area contributed by atoms with E-state index in [-0.39, 0.29) is 12.6 Å². The average molecular weight is 391 g/mol. The van der Waals surface area contributed by atoms with Crippen molar-refractivity contribution in [3.63, 3.8) is 0 Å². The fourth-order valence-electron chi connectivity index (χ4n) is 3.29. The third-order valence-electron chi connectivity index (χ3n) is 4.80. The maximum Gasteiger partial charge on any atom is 0.328 e. The van der Waals surface area contributed by atoms with E-state index in [0.717, 1.165) is 36.6 Å². The first kappa shape index (κ1) is 21.9. The summed E-state index contributed by atoms with van der Waals surface area (Å²) < 4.78 is 19.2. The third kappa shape index (κ3) is 5.79. The molecule has 1 amide bonds. The van der Waals surface area contributed by atoms with Gasteiger partial charge in [-0.25, -0.2) is 4.79 Å². The molecule has 6 nitrogen and oxygen atoms in total. The number of fused-ring (bicyclic) bond motifs is 1. The minimum absolute atomic E-state index is 0.304. The molecule has 1 aromatic heterocycles. The molecule has 0 saturated heterocycles. The highest BCUT2D eigenvalue weighted by Gasteiger charge is 2.23. The molecule has 1 atom stereocenters. The molecule has 0 aliphatic heterocycles. The standard InChI is InChI=1S/C21H30FN3O3/c1-28-21(27)18(10-5-7-13-23)24-20(26)17-15-25(14-8-2-6-12-22)19-11-4-3-9-16(17)19/h3-4,9,11,15,18H,2,5-8,10,12-14,23H2,1H3,(H,24,26)/t18-/m0/s1. The van der Waals surface area contributed by atoms with Crippen molar-refractivity contribution in [2.24, 2.45) is 5.73 Å². The van der Waals surface area contributed by atoms with E-state index in [1.165, 1.54) is 7.11 Å². The molecule has 7 heteroatoms. The van der Waals surface area contributed by atoms with Crippen molar-refractivity contribution in [2.45, 2.75) is 51.1 Å². The van der Waals surface area contributed by atoms with Crippen molar-refractivity contribution < 1.29 is 18.7 Å². The van der Waals surface area contributed by atoms with Gasteiger partial charge in [0.15, 0.2) is 0 Å². The van der Waals surface area contributed by atoms with Crippen LogP contribution in [0, 0.1) is 0 Å². The number of esters is 1. The van der Waals surface area contributed by atoms with Gasteiger partial charge < -0.3 is 20.4 Å². The number of benzene rings is 1. The topological polar surface area (TPSA) is 86.3 Å². The molecule has 0 radical (unpaired) electrons. The molecular weight excluding hydrogens is 361 g/mol. The monoisotopic (exact) mass is 391 g/mol. The number of alkyl halides is 1. The summed E-state index contributed by atoms with van der Waals surface area (Å²) in [4.78, 5) is 24.9. The van der Waals surface area contributed by atoms with E-state index < -0.39 is 12.0 Å². The largest absolute Gasteiger partial charge is 0.467 e. The Labute approximate surface area is 165 Å². The Morgan fingerprint density at radius 1 is 1.18 bits per heavy atom. The number of nitrogens with zero attached hydrogens (tertiary/aromatic N) is 1. The molecule has 0 spiro atoms. The van der Waals surface area contributed by atoms with E-state index in [4.69, 9.17) is 10.5 Å². The number of amides is 1. The van der Waals surface area contributed by atoms with Crippen molar-refractivity contribution in [1.82, 2.24) is 9.88 Å². The molecule has 2 aromatic rings. The number of methoxy groups -OCH3 is 1. The maximum atomic E-state index is 12.9. The van der Waals surface area contributed by atoms with E-state index in [9.17, 15) is 14.0 Å². The lowest BCUT2D eigenvalue weighted by atomic mass is 10.1. The number of nitrogens with one attached hydrogen (secondary N) is 1. The summed E-state index contributed by atoms with van der Waals surface area (Å²) in [6, 6.07) is 6.96. The van der Waals surface area contributed by atoms with Gasteiger partial charge in [-0.1, -0.05) is 18.2 Å². The molecule has 0 fully saturated rings. The van der Waals surface area contributed by atoms with Crippen LogP contribution in [-0.4, -0.2) is 42.8 Å². The second-order valence-corrected chi connectivity index (χ2v) is 6.84. The number of unbranched alkanes of at least 4 members (excludes halogenated alkanes) is 3. The van der Waals surface area contributed by atoms with Gasteiger partial charge in [-0.05, 0) is 51.1 Å². The number of para-hydroxylation sites is 1. The zero-order valence-electron chi connectivity index (χ0n) is 16.5. The van der Waals surface area contributed by atoms with Crippen LogP contribution in [0.1, 0.15) is 48.9 Å². The van der Waals surface area contributed by atoms with Crippen LogP contribution in [0.5, 0.6) is 0 Å².